The Morgan fingerprint density at radius 1 is 1.11 bits per heavy atom. The zero-order valence-corrected chi connectivity index (χ0v) is 10.8. The van der Waals surface area contributed by atoms with Crippen LogP contribution < -0.4 is 10.8 Å². The monoisotopic (exact) mass is 246 g/mol. The highest BCUT2D eigenvalue weighted by Gasteiger charge is 2.21. The molecule has 0 amide bonds. The molecule has 1 atom stereocenters. The summed E-state index contributed by atoms with van der Waals surface area (Å²) in [4.78, 5) is 5.88. The molecule has 2 aliphatic rings. The molecule has 98 valence electrons. The fourth-order valence-electron chi connectivity index (χ4n) is 2.97. The molecule has 0 bridgehead atoms. The van der Waals surface area contributed by atoms with E-state index in [2.05, 4.69) is 35.1 Å². The molecule has 3 heteroatoms. The lowest BCUT2D eigenvalue weighted by atomic mass is 10.0. The van der Waals surface area contributed by atoms with Gasteiger partial charge in [-0.25, -0.2) is 0 Å². The van der Waals surface area contributed by atoms with Crippen LogP contribution in [0.25, 0.3) is 0 Å². The molecule has 1 fully saturated rings. The van der Waals surface area contributed by atoms with E-state index in [0.717, 1.165) is 19.5 Å². The fraction of sp³-hybridized carbons (Fsp3) is 0.600. The summed E-state index contributed by atoms with van der Waals surface area (Å²) in [6, 6.07) is 8.99. The van der Waals surface area contributed by atoms with Gasteiger partial charge in [-0.1, -0.05) is 37.1 Å². The minimum absolute atomic E-state index is 0.330. The van der Waals surface area contributed by atoms with E-state index >= 15 is 0 Å². The quantitative estimate of drug-likeness (QED) is 0.805. The smallest absolute Gasteiger partial charge is 0.0790 e. The van der Waals surface area contributed by atoms with Gasteiger partial charge in [0.25, 0.3) is 0 Å². The summed E-state index contributed by atoms with van der Waals surface area (Å²) in [6.07, 6.45) is 6.56. The molecule has 0 radical (unpaired) electrons. The first kappa shape index (κ1) is 12.2. The summed E-state index contributed by atoms with van der Waals surface area (Å²) in [5.41, 5.74) is 6.10. The second-order valence-corrected chi connectivity index (χ2v) is 5.36. The van der Waals surface area contributed by atoms with Crippen molar-refractivity contribution in [2.75, 3.05) is 6.54 Å². The molecule has 0 aromatic heterocycles. The topological polar surface area (TPSA) is 33.3 Å². The highest BCUT2D eigenvalue weighted by molar-refractivity contribution is 5.30. The molecular formula is C15H22N2O. The molecule has 1 aromatic rings. The van der Waals surface area contributed by atoms with Crippen LogP contribution in [-0.4, -0.2) is 12.6 Å². The van der Waals surface area contributed by atoms with Crippen LogP contribution in [0.2, 0.25) is 0 Å². The van der Waals surface area contributed by atoms with E-state index in [0.29, 0.717) is 12.1 Å². The first-order valence-electron chi connectivity index (χ1n) is 7.13. The zero-order valence-electron chi connectivity index (χ0n) is 10.8. The van der Waals surface area contributed by atoms with E-state index < -0.39 is 0 Å². The maximum atomic E-state index is 5.88. The van der Waals surface area contributed by atoms with Crippen molar-refractivity contribution in [3.8, 4) is 0 Å². The van der Waals surface area contributed by atoms with Gasteiger partial charge in [-0.3, -0.25) is 4.84 Å². The maximum absolute atomic E-state index is 5.88. The van der Waals surface area contributed by atoms with E-state index in [1.54, 1.807) is 0 Å². The lowest BCUT2D eigenvalue weighted by molar-refractivity contribution is -0.0418. The largest absolute Gasteiger partial charge is 0.313 e. The van der Waals surface area contributed by atoms with Crippen molar-refractivity contribution in [1.29, 1.82) is 0 Å². The van der Waals surface area contributed by atoms with Gasteiger partial charge in [0, 0.05) is 6.54 Å². The molecular weight excluding hydrogens is 224 g/mol. The maximum Gasteiger partial charge on any atom is 0.0790 e. The van der Waals surface area contributed by atoms with Gasteiger partial charge in [0.05, 0.1) is 12.1 Å². The van der Waals surface area contributed by atoms with E-state index in [1.807, 2.05) is 0 Å². The van der Waals surface area contributed by atoms with Gasteiger partial charge in [0.1, 0.15) is 0 Å². The molecule has 3 rings (SSSR count). The van der Waals surface area contributed by atoms with Crippen LogP contribution in [0.3, 0.4) is 0 Å². The number of fused-ring (bicyclic) bond motifs is 1. The molecule has 0 saturated heterocycles. The summed E-state index contributed by atoms with van der Waals surface area (Å²) >= 11 is 0. The van der Waals surface area contributed by atoms with Crippen LogP contribution in [0.5, 0.6) is 0 Å². The van der Waals surface area contributed by atoms with Crippen LogP contribution in [0, 0.1) is 0 Å². The average molecular weight is 246 g/mol. The van der Waals surface area contributed by atoms with Crippen LogP contribution in [0.4, 0.5) is 0 Å². The summed E-state index contributed by atoms with van der Waals surface area (Å²) < 4.78 is 0. The molecule has 1 aromatic carbocycles. The molecule has 3 nitrogen and oxygen atoms in total. The highest BCUT2D eigenvalue weighted by Crippen LogP contribution is 2.25. The molecule has 18 heavy (non-hydrogen) atoms. The van der Waals surface area contributed by atoms with Crippen molar-refractivity contribution in [3.63, 3.8) is 0 Å². The van der Waals surface area contributed by atoms with Gasteiger partial charge in [-0.2, -0.15) is 5.48 Å². The van der Waals surface area contributed by atoms with Crippen molar-refractivity contribution in [3.05, 3.63) is 35.4 Å². The summed E-state index contributed by atoms with van der Waals surface area (Å²) in [5.74, 6) is 0. The molecule has 1 aliphatic carbocycles. The van der Waals surface area contributed by atoms with Crippen molar-refractivity contribution in [1.82, 2.24) is 10.8 Å². The number of rotatable bonds is 3. The van der Waals surface area contributed by atoms with Crippen molar-refractivity contribution < 1.29 is 4.84 Å². The van der Waals surface area contributed by atoms with Gasteiger partial charge < -0.3 is 5.32 Å². The van der Waals surface area contributed by atoms with E-state index in [9.17, 15) is 0 Å². The predicted molar refractivity (Wildman–Crippen MR) is 72.0 cm³/mol. The predicted octanol–water partition coefficient (Wildman–Crippen LogP) is 2.68. The number of hydroxylamine groups is 1. The van der Waals surface area contributed by atoms with Gasteiger partial charge in [0.15, 0.2) is 0 Å². The van der Waals surface area contributed by atoms with Crippen molar-refractivity contribution in [2.24, 2.45) is 0 Å². The fourth-order valence-corrected chi connectivity index (χ4v) is 2.97. The standard InChI is InChI=1S/C15H22N2O/c1-4-8-14-12(5-1)11-16-10-9-15(14)17-18-13-6-2-3-7-13/h1,4-5,8,13,15-17H,2-3,6-7,9-11H2. The Kier molecular flexibility index (Phi) is 3.93. The zero-order chi connectivity index (χ0) is 12.2. The molecule has 1 aliphatic heterocycles. The Bertz CT molecular complexity index is 388. The molecule has 0 spiro atoms. The number of benzene rings is 1. The van der Waals surface area contributed by atoms with Crippen molar-refractivity contribution in [2.45, 2.75) is 50.8 Å². The van der Waals surface area contributed by atoms with E-state index in [4.69, 9.17) is 4.84 Å². The lowest BCUT2D eigenvalue weighted by Crippen LogP contribution is -2.27. The second kappa shape index (κ2) is 5.83. The minimum Gasteiger partial charge on any atom is -0.313 e. The van der Waals surface area contributed by atoms with Gasteiger partial charge in [-0.05, 0) is 36.9 Å². The first-order chi connectivity index (χ1) is 8.93. The van der Waals surface area contributed by atoms with Gasteiger partial charge in [-0.15, -0.1) is 0 Å². The summed E-state index contributed by atoms with van der Waals surface area (Å²) in [5, 5.41) is 3.47. The third-order valence-corrected chi connectivity index (χ3v) is 4.03. The molecule has 1 saturated carbocycles. The Labute approximate surface area is 109 Å². The molecule has 1 heterocycles. The van der Waals surface area contributed by atoms with Gasteiger partial charge in [0.2, 0.25) is 0 Å². The SMILES string of the molecule is c1ccc2c(c1)CNCCC2NOC1CCCC1. The van der Waals surface area contributed by atoms with Gasteiger partial charge >= 0.3 is 0 Å². The van der Waals surface area contributed by atoms with Crippen LogP contribution in [0.15, 0.2) is 24.3 Å². The third kappa shape index (κ3) is 2.74. The number of hydrogen-bond acceptors (Lipinski definition) is 3. The normalized spacial score (nSPS) is 24.8. The molecule has 2 N–H and O–H groups in total. The second-order valence-electron chi connectivity index (χ2n) is 5.36. The summed E-state index contributed by atoms with van der Waals surface area (Å²) in [6.45, 7) is 2.01. The summed E-state index contributed by atoms with van der Waals surface area (Å²) in [7, 11) is 0. The Morgan fingerprint density at radius 3 is 2.83 bits per heavy atom. The van der Waals surface area contributed by atoms with Crippen LogP contribution in [0.1, 0.15) is 49.3 Å². The number of nitrogens with one attached hydrogen (secondary N) is 2. The Morgan fingerprint density at radius 2 is 1.94 bits per heavy atom. The first-order valence-corrected chi connectivity index (χ1v) is 7.13. The highest BCUT2D eigenvalue weighted by atomic mass is 16.7. The number of hydrogen-bond donors (Lipinski definition) is 2. The van der Waals surface area contributed by atoms with Crippen LogP contribution >= 0.6 is 0 Å². The van der Waals surface area contributed by atoms with Crippen LogP contribution in [-0.2, 0) is 11.4 Å². The lowest BCUT2D eigenvalue weighted by Gasteiger charge is -2.21. The minimum atomic E-state index is 0.330. The van der Waals surface area contributed by atoms with Crippen molar-refractivity contribution >= 4 is 0 Å². The third-order valence-electron chi connectivity index (χ3n) is 4.03. The Hall–Kier alpha value is -0.900. The Balaban J connectivity index is 1.67. The van der Waals surface area contributed by atoms with E-state index in [1.165, 1.54) is 36.8 Å². The van der Waals surface area contributed by atoms with E-state index in [-0.39, 0.29) is 0 Å². The molecule has 1 unspecified atom stereocenters. The average Bonchev–Trinajstić information content (AvgIpc) is 2.84.